The molecule has 0 N–H and O–H groups in total. The highest BCUT2D eigenvalue weighted by Gasteiger charge is 2.43. The topological polar surface area (TPSA) is 52.1 Å². The number of hydrogen-bond acceptors (Lipinski definition) is 4. The quantitative estimate of drug-likeness (QED) is 0.785. The number of ether oxygens (including phenoxy) is 1. The highest BCUT2D eigenvalue weighted by Crippen LogP contribution is 2.47. The van der Waals surface area contributed by atoms with Crippen LogP contribution in [0.2, 0.25) is 0 Å². The maximum absolute atomic E-state index is 14.2. The van der Waals surface area contributed by atoms with Crippen molar-refractivity contribution < 1.29 is 18.3 Å². The molecule has 0 radical (unpaired) electrons. The molecular weight excluding hydrogens is 314 g/mol. The first-order valence-corrected chi connectivity index (χ1v) is 7.98. The van der Waals surface area contributed by atoms with E-state index in [9.17, 15) is 13.6 Å². The molecule has 4 nitrogen and oxygen atoms in total. The molecule has 126 valence electrons. The third kappa shape index (κ3) is 3.00. The van der Waals surface area contributed by atoms with E-state index in [1.54, 1.807) is 6.92 Å². The summed E-state index contributed by atoms with van der Waals surface area (Å²) in [4.78, 5) is 20.0. The number of carbonyl (C=O) groups is 1. The second-order valence-corrected chi connectivity index (χ2v) is 6.02. The summed E-state index contributed by atoms with van der Waals surface area (Å²) >= 11 is 0. The smallest absolute Gasteiger partial charge is 0.341 e. The first-order chi connectivity index (χ1) is 11.6. The zero-order chi connectivity index (χ0) is 17.2. The van der Waals surface area contributed by atoms with E-state index in [1.807, 2.05) is 0 Å². The maximum atomic E-state index is 14.2. The Labute approximate surface area is 138 Å². The molecule has 1 heterocycles. The van der Waals surface area contributed by atoms with Gasteiger partial charge >= 0.3 is 5.97 Å². The molecule has 6 heteroatoms. The molecule has 0 bridgehead atoms. The summed E-state index contributed by atoms with van der Waals surface area (Å²) in [6.07, 6.45) is 5.42. The molecular formula is C18H18F2N2O2. The zero-order valence-corrected chi connectivity index (χ0v) is 13.4. The van der Waals surface area contributed by atoms with Gasteiger partial charge in [-0.3, -0.25) is 0 Å². The summed E-state index contributed by atoms with van der Waals surface area (Å²) in [6, 6.07) is 3.93. The summed E-state index contributed by atoms with van der Waals surface area (Å²) in [5, 5.41) is 0. The predicted molar refractivity (Wildman–Crippen MR) is 83.6 cm³/mol. The Bertz CT molecular complexity index is 723. The summed E-state index contributed by atoms with van der Waals surface area (Å²) < 4.78 is 33.2. The highest BCUT2D eigenvalue weighted by molar-refractivity contribution is 5.88. The van der Waals surface area contributed by atoms with Crippen LogP contribution in [0.25, 0.3) is 0 Å². The Morgan fingerprint density at radius 2 is 1.83 bits per heavy atom. The SMILES string of the molecule is CCOC(=O)c1cnc(CC2(c3c(F)cccc3F)CCC2)nc1. The van der Waals surface area contributed by atoms with Crippen molar-refractivity contribution >= 4 is 5.97 Å². The first-order valence-electron chi connectivity index (χ1n) is 7.98. The van der Waals surface area contributed by atoms with Gasteiger partial charge in [-0.15, -0.1) is 0 Å². The Balaban J connectivity index is 1.85. The van der Waals surface area contributed by atoms with Gasteiger partial charge in [0.05, 0.1) is 12.2 Å². The monoisotopic (exact) mass is 332 g/mol. The number of rotatable bonds is 5. The minimum atomic E-state index is -0.610. The molecule has 1 aromatic carbocycles. The van der Waals surface area contributed by atoms with Gasteiger partial charge in [-0.25, -0.2) is 23.5 Å². The Morgan fingerprint density at radius 1 is 1.21 bits per heavy atom. The number of hydrogen-bond donors (Lipinski definition) is 0. The van der Waals surface area contributed by atoms with Crippen molar-refractivity contribution in [3.63, 3.8) is 0 Å². The number of halogens is 2. The van der Waals surface area contributed by atoms with Crippen molar-refractivity contribution in [2.45, 2.75) is 38.0 Å². The summed E-state index contributed by atoms with van der Waals surface area (Å²) in [6.45, 7) is 1.99. The molecule has 1 aliphatic rings. The van der Waals surface area contributed by atoms with Crippen LogP contribution in [0.3, 0.4) is 0 Å². The molecule has 0 saturated heterocycles. The van der Waals surface area contributed by atoms with Crippen molar-refractivity contribution in [1.29, 1.82) is 0 Å². The van der Waals surface area contributed by atoms with Crippen molar-refractivity contribution in [1.82, 2.24) is 9.97 Å². The van der Waals surface area contributed by atoms with E-state index < -0.39 is 23.0 Å². The van der Waals surface area contributed by atoms with Crippen molar-refractivity contribution in [2.75, 3.05) is 6.61 Å². The van der Waals surface area contributed by atoms with E-state index in [1.165, 1.54) is 30.6 Å². The van der Waals surface area contributed by atoms with Gasteiger partial charge in [0.2, 0.25) is 0 Å². The van der Waals surface area contributed by atoms with E-state index in [0.717, 1.165) is 6.42 Å². The van der Waals surface area contributed by atoms with Crippen molar-refractivity contribution in [2.24, 2.45) is 0 Å². The Kier molecular flexibility index (Phi) is 4.55. The molecule has 2 aromatic rings. The van der Waals surface area contributed by atoms with Crippen LogP contribution in [-0.4, -0.2) is 22.5 Å². The number of aromatic nitrogens is 2. The van der Waals surface area contributed by atoms with Crippen LogP contribution in [0, 0.1) is 11.6 Å². The van der Waals surface area contributed by atoms with Crippen LogP contribution in [0.4, 0.5) is 8.78 Å². The average Bonchev–Trinajstić information content (AvgIpc) is 2.53. The molecule has 1 fully saturated rings. The van der Waals surface area contributed by atoms with Gasteiger partial charge in [-0.1, -0.05) is 12.5 Å². The lowest BCUT2D eigenvalue weighted by molar-refractivity contribution is 0.0525. The van der Waals surface area contributed by atoms with Gasteiger partial charge in [0, 0.05) is 29.8 Å². The van der Waals surface area contributed by atoms with E-state index in [2.05, 4.69) is 9.97 Å². The fraction of sp³-hybridized carbons (Fsp3) is 0.389. The lowest BCUT2D eigenvalue weighted by Gasteiger charge is -2.42. The molecule has 3 rings (SSSR count). The minimum Gasteiger partial charge on any atom is -0.462 e. The summed E-state index contributed by atoms with van der Waals surface area (Å²) in [5.41, 5.74) is -0.226. The first kappa shape index (κ1) is 16.5. The van der Waals surface area contributed by atoms with Crippen molar-refractivity contribution in [3.05, 3.63) is 59.2 Å². The van der Waals surface area contributed by atoms with Crippen LogP contribution >= 0.6 is 0 Å². The van der Waals surface area contributed by atoms with Gasteiger partial charge in [-0.05, 0) is 31.9 Å². The standard InChI is InChI=1S/C18H18F2N2O2/c1-2-24-17(23)12-10-21-15(22-11-12)9-18(7-4-8-18)16-13(19)5-3-6-14(16)20/h3,5-6,10-11H,2,4,7-9H2,1H3. The molecule has 0 aliphatic heterocycles. The Hall–Kier alpha value is -2.37. The lowest BCUT2D eigenvalue weighted by atomic mass is 9.62. The van der Waals surface area contributed by atoms with Crippen LogP contribution < -0.4 is 0 Å². The molecule has 0 atom stereocenters. The molecule has 1 aliphatic carbocycles. The number of benzene rings is 1. The maximum Gasteiger partial charge on any atom is 0.341 e. The summed E-state index contributed by atoms with van der Waals surface area (Å²) in [5.74, 6) is -1.08. The van der Waals surface area contributed by atoms with E-state index in [0.29, 0.717) is 25.1 Å². The second kappa shape index (κ2) is 6.63. The summed E-state index contributed by atoms with van der Waals surface area (Å²) in [7, 11) is 0. The number of nitrogens with zero attached hydrogens (tertiary/aromatic N) is 2. The molecule has 0 spiro atoms. The van der Waals surface area contributed by atoms with Gasteiger partial charge in [0.1, 0.15) is 17.5 Å². The van der Waals surface area contributed by atoms with Crippen LogP contribution in [-0.2, 0) is 16.6 Å². The van der Waals surface area contributed by atoms with Gasteiger partial charge < -0.3 is 4.74 Å². The highest BCUT2D eigenvalue weighted by atomic mass is 19.1. The Morgan fingerprint density at radius 3 is 2.33 bits per heavy atom. The fourth-order valence-electron chi connectivity index (χ4n) is 3.19. The van der Waals surface area contributed by atoms with Crippen LogP contribution in [0.15, 0.2) is 30.6 Å². The lowest BCUT2D eigenvalue weighted by Crippen LogP contribution is -2.39. The number of carbonyl (C=O) groups excluding carboxylic acids is 1. The fourth-order valence-corrected chi connectivity index (χ4v) is 3.19. The van der Waals surface area contributed by atoms with Crippen LogP contribution in [0.5, 0.6) is 0 Å². The zero-order valence-electron chi connectivity index (χ0n) is 13.4. The molecule has 24 heavy (non-hydrogen) atoms. The van der Waals surface area contributed by atoms with E-state index in [-0.39, 0.29) is 17.7 Å². The molecule has 0 amide bonds. The second-order valence-electron chi connectivity index (χ2n) is 6.02. The third-order valence-corrected chi connectivity index (χ3v) is 4.52. The van der Waals surface area contributed by atoms with E-state index in [4.69, 9.17) is 4.74 Å². The van der Waals surface area contributed by atoms with Gasteiger partial charge in [-0.2, -0.15) is 0 Å². The minimum absolute atomic E-state index is 0.120. The third-order valence-electron chi connectivity index (χ3n) is 4.52. The molecule has 1 saturated carbocycles. The largest absolute Gasteiger partial charge is 0.462 e. The van der Waals surface area contributed by atoms with Crippen molar-refractivity contribution in [3.8, 4) is 0 Å². The van der Waals surface area contributed by atoms with Crippen LogP contribution in [0.1, 0.15) is 47.9 Å². The van der Waals surface area contributed by atoms with Gasteiger partial charge in [0.25, 0.3) is 0 Å². The molecule has 1 aromatic heterocycles. The van der Waals surface area contributed by atoms with E-state index >= 15 is 0 Å². The normalized spacial score (nSPS) is 15.6. The predicted octanol–water partition coefficient (Wildman–Crippen LogP) is 3.60. The average molecular weight is 332 g/mol. The van der Waals surface area contributed by atoms with Gasteiger partial charge in [0.15, 0.2) is 0 Å². The molecule has 0 unspecified atom stereocenters. The number of esters is 1.